The first-order valence-electron chi connectivity index (χ1n) is 7.26. The van der Waals surface area contributed by atoms with Gasteiger partial charge in [0, 0.05) is 18.2 Å². The molecule has 0 saturated heterocycles. The molecule has 1 fully saturated rings. The molecule has 0 aliphatic heterocycles. The van der Waals surface area contributed by atoms with Crippen LogP contribution in [0.2, 0.25) is 0 Å². The molecule has 110 valence electrons. The van der Waals surface area contributed by atoms with Gasteiger partial charge in [-0.15, -0.1) is 0 Å². The third-order valence-corrected chi connectivity index (χ3v) is 3.33. The molecule has 0 unspecified atom stereocenters. The van der Waals surface area contributed by atoms with Crippen molar-refractivity contribution in [2.75, 3.05) is 13.2 Å². The zero-order chi connectivity index (χ0) is 14.5. The van der Waals surface area contributed by atoms with Crippen molar-refractivity contribution in [3.05, 3.63) is 29.8 Å². The third kappa shape index (κ3) is 3.97. The van der Waals surface area contributed by atoms with E-state index in [0.29, 0.717) is 19.0 Å². The van der Waals surface area contributed by atoms with Crippen LogP contribution in [0.5, 0.6) is 5.75 Å². The van der Waals surface area contributed by atoms with Crippen LogP contribution in [0.25, 0.3) is 0 Å². The van der Waals surface area contributed by atoms with Gasteiger partial charge in [0.25, 0.3) is 0 Å². The van der Waals surface area contributed by atoms with Crippen LogP contribution in [0.15, 0.2) is 24.3 Å². The predicted octanol–water partition coefficient (Wildman–Crippen LogP) is 2.00. The number of para-hydroxylation sites is 1. The molecule has 0 aromatic heterocycles. The molecule has 0 heterocycles. The van der Waals surface area contributed by atoms with Gasteiger partial charge < -0.3 is 14.7 Å². The van der Waals surface area contributed by atoms with Crippen molar-refractivity contribution in [2.45, 2.75) is 45.3 Å². The Hall–Kier alpha value is -1.55. The van der Waals surface area contributed by atoms with E-state index < -0.39 is 0 Å². The summed E-state index contributed by atoms with van der Waals surface area (Å²) in [5, 5.41) is 9.08. The van der Waals surface area contributed by atoms with E-state index >= 15 is 0 Å². The molecule has 1 aromatic rings. The maximum atomic E-state index is 12.4. The van der Waals surface area contributed by atoms with Gasteiger partial charge in [-0.2, -0.15) is 0 Å². The van der Waals surface area contributed by atoms with E-state index in [1.54, 1.807) is 4.90 Å². The molecule has 1 aliphatic carbocycles. The lowest BCUT2D eigenvalue weighted by Gasteiger charge is -2.22. The average Bonchev–Trinajstić information content (AvgIpc) is 3.22. The first-order valence-corrected chi connectivity index (χ1v) is 7.26. The Morgan fingerprint density at radius 1 is 1.40 bits per heavy atom. The van der Waals surface area contributed by atoms with Crippen molar-refractivity contribution >= 4 is 5.91 Å². The quantitative estimate of drug-likeness (QED) is 0.829. The van der Waals surface area contributed by atoms with Crippen LogP contribution in [0, 0.1) is 0 Å². The second-order valence-electron chi connectivity index (χ2n) is 5.49. The van der Waals surface area contributed by atoms with Crippen LogP contribution in [-0.4, -0.2) is 41.2 Å². The first-order chi connectivity index (χ1) is 9.61. The molecular weight excluding hydrogens is 254 g/mol. The number of hydrogen-bond acceptors (Lipinski definition) is 3. The maximum Gasteiger partial charge on any atom is 0.227 e. The second-order valence-corrected chi connectivity index (χ2v) is 5.49. The summed E-state index contributed by atoms with van der Waals surface area (Å²) < 4.78 is 5.74. The molecule has 4 nitrogen and oxygen atoms in total. The summed E-state index contributed by atoms with van der Waals surface area (Å²) in [6.07, 6.45) is 2.52. The van der Waals surface area contributed by atoms with Gasteiger partial charge >= 0.3 is 0 Å². The number of carbonyl (C=O) groups excluding carboxylic acids is 1. The van der Waals surface area contributed by atoms with Crippen molar-refractivity contribution in [3.63, 3.8) is 0 Å². The van der Waals surface area contributed by atoms with Gasteiger partial charge in [-0.1, -0.05) is 18.2 Å². The third-order valence-electron chi connectivity index (χ3n) is 3.33. The minimum absolute atomic E-state index is 0.0202. The summed E-state index contributed by atoms with van der Waals surface area (Å²) in [6.45, 7) is 4.39. The highest BCUT2D eigenvalue weighted by Gasteiger charge is 2.32. The molecule has 1 saturated carbocycles. The lowest BCUT2D eigenvalue weighted by atomic mass is 10.1. The van der Waals surface area contributed by atoms with Crippen LogP contribution in [0.4, 0.5) is 0 Å². The average molecular weight is 277 g/mol. The maximum absolute atomic E-state index is 12.4. The zero-order valence-electron chi connectivity index (χ0n) is 12.2. The van der Waals surface area contributed by atoms with E-state index in [1.807, 2.05) is 38.1 Å². The number of benzene rings is 1. The second kappa shape index (κ2) is 6.75. The van der Waals surface area contributed by atoms with Crippen molar-refractivity contribution in [3.8, 4) is 5.75 Å². The molecule has 0 atom stereocenters. The standard InChI is InChI=1S/C16H23NO3/c1-12(2)20-15-6-4-3-5-13(15)11-16(19)17(9-10-18)14-7-8-14/h3-6,12,14,18H,7-11H2,1-2H3. The van der Waals surface area contributed by atoms with Crippen LogP contribution in [-0.2, 0) is 11.2 Å². The van der Waals surface area contributed by atoms with Gasteiger partial charge in [-0.05, 0) is 32.8 Å². The van der Waals surface area contributed by atoms with Crippen molar-refractivity contribution in [2.24, 2.45) is 0 Å². The summed E-state index contributed by atoms with van der Waals surface area (Å²) in [5.41, 5.74) is 0.912. The molecule has 4 heteroatoms. The minimum Gasteiger partial charge on any atom is -0.491 e. The lowest BCUT2D eigenvalue weighted by molar-refractivity contribution is -0.131. The van der Waals surface area contributed by atoms with Crippen molar-refractivity contribution in [1.29, 1.82) is 0 Å². The minimum atomic E-state index is 0.0202. The zero-order valence-corrected chi connectivity index (χ0v) is 12.2. The molecule has 2 rings (SSSR count). The van der Waals surface area contributed by atoms with E-state index in [1.165, 1.54) is 0 Å². The van der Waals surface area contributed by atoms with Crippen LogP contribution < -0.4 is 4.74 Å². The Labute approximate surface area is 120 Å². The molecule has 1 aliphatic rings. The van der Waals surface area contributed by atoms with Gasteiger partial charge in [0.1, 0.15) is 5.75 Å². The largest absolute Gasteiger partial charge is 0.491 e. The topological polar surface area (TPSA) is 49.8 Å². The highest BCUT2D eigenvalue weighted by Crippen LogP contribution is 2.28. The van der Waals surface area contributed by atoms with E-state index in [2.05, 4.69) is 0 Å². The molecule has 1 amide bonds. The van der Waals surface area contributed by atoms with Gasteiger partial charge in [0.05, 0.1) is 19.1 Å². The Balaban J connectivity index is 2.06. The monoisotopic (exact) mass is 277 g/mol. The molecule has 0 radical (unpaired) electrons. The molecule has 20 heavy (non-hydrogen) atoms. The number of ether oxygens (including phenoxy) is 1. The first kappa shape index (κ1) is 14.9. The molecule has 0 bridgehead atoms. The van der Waals surface area contributed by atoms with E-state index in [0.717, 1.165) is 24.2 Å². The summed E-state index contributed by atoms with van der Waals surface area (Å²) in [5.74, 6) is 0.844. The van der Waals surface area contributed by atoms with E-state index in [4.69, 9.17) is 9.84 Å². The van der Waals surface area contributed by atoms with Crippen LogP contribution in [0.1, 0.15) is 32.3 Å². The lowest BCUT2D eigenvalue weighted by Crippen LogP contribution is -2.36. The van der Waals surface area contributed by atoms with E-state index in [9.17, 15) is 4.79 Å². The van der Waals surface area contributed by atoms with Gasteiger partial charge in [0.2, 0.25) is 5.91 Å². The summed E-state index contributed by atoms with van der Waals surface area (Å²) in [7, 11) is 0. The van der Waals surface area contributed by atoms with Gasteiger partial charge in [-0.25, -0.2) is 0 Å². The number of amides is 1. The fraction of sp³-hybridized carbons (Fsp3) is 0.562. The Kier molecular flexibility index (Phi) is 5.01. The number of hydrogen-bond donors (Lipinski definition) is 1. The van der Waals surface area contributed by atoms with Crippen molar-refractivity contribution in [1.82, 2.24) is 4.90 Å². The molecular formula is C16H23NO3. The number of aliphatic hydroxyl groups excluding tert-OH is 1. The highest BCUT2D eigenvalue weighted by atomic mass is 16.5. The summed E-state index contributed by atoms with van der Waals surface area (Å²) in [6, 6.07) is 7.99. The fourth-order valence-electron chi connectivity index (χ4n) is 2.29. The Morgan fingerprint density at radius 3 is 2.70 bits per heavy atom. The fourth-order valence-corrected chi connectivity index (χ4v) is 2.29. The number of rotatable bonds is 7. The summed E-state index contributed by atoms with van der Waals surface area (Å²) in [4.78, 5) is 14.2. The van der Waals surface area contributed by atoms with E-state index in [-0.39, 0.29) is 18.6 Å². The molecule has 0 spiro atoms. The SMILES string of the molecule is CC(C)Oc1ccccc1CC(=O)N(CCO)C1CC1. The highest BCUT2D eigenvalue weighted by molar-refractivity contribution is 5.80. The summed E-state index contributed by atoms with van der Waals surface area (Å²) >= 11 is 0. The predicted molar refractivity (Wildman–Crippen MR) is 77.7 cm³/mol. The molecule has 1 N–H and O–H groups in total. The Morgan fingerprint density at radius 2 is 2.10 bits per heavy atom. The smallest absolute Gasteiger partial charge is 0.227 e. The van der Waals surface area contributed by atoms with Gasteiger partial charge in [0.15, 0.2) is 0 Å². The van der Waals surface area contributed by atoms with Crippen LogP contribution in [0.3, 0.4) is 0 Å². The van der Waals surface area contributed by atoms with Gasteiger partial charge in [-0.3, -0.25) is 4.79 Å². The normalized spacial score (nSPS) is 14.4. The number of aliphatic hydroxyl groups is 1. The Bertz CT molecular complexity index is 455. The van der Waals surface area contributed by atoms with Crippen molar-refractivity contribution < 1.29 is 14.6 Å². The molecule has 1 aromatic carbocycles. The van der Waals surface area contributed by atoms with Crippen LogP contribution >= 0.6 is 0 Å². The number of nitrogens with zero attached hydrogens (tertiary/aromatic N) is 1. The number of carbonyl (C=O) groups is 1.